The Morgan fingerprint density at radius 1 is 0.482 bits per heavy atom. The maximum absolute atomic E-state index is 7.05. The SMILES string of the molecule is COc1ccc(C(OCCCCOc2ccc(-c3nc4c5ccccc5c5ccccc5c4[nH]3)c3ccccc23)(c2ccccc2)c2ccc(OC)cc2)cc1. The third kappa shape index (κ3) is 6.28. The molecular weight excluding hydrogens is 693 g/mol. The Morgan fingerprint density at radius 3 is 1.64 bits per heavy atom. The van der Waals surface area contributed by atoms with Crippen LogP contribution >= 0.6 is 0 Å². The number of methoxy groups -OCH3 is 2. The molecule has 0 spiro atoms. The van der Waals surface area contributed by atoms with Gasteiger partial charge in [-0.3, -0.25) is 0 Å². The number of H-pyrrole nitrogens is 1. The highest BCUT2D eigenvalue weighted by Crippen LogP contribution is 2.42. The van der Waals surface area contributed by atoms with Crippen molar-refractivity contribution >= 4 is 43.4 Å². The summed E-state index contributed by atoms with van der Waals surface area (Å²) in [6, 6.07) is 56.4. The summed E-state index contributed by atoms with van der Waals surface area (Å²) >= 11 is 0. The molecule has 0 bridgehead atoms. The maximum Gasteiger partial charge on any atom is 0.143 e. The van der Waals surface area contributed by atoms with Gasteiger partial charge in [-0.2, -0.15) is 0 Å². The Morgan fingerprint density at radius 2 is 1.00 bits per heavy atom. The highest BCUT2D eigenvalue weighted by molar-refractivity contribution is 6.23. The van der Waals surface area contributed by atoms with Crippen molar-refractivity contribution in [2.24, 2.45) is 0 Å². The van der Waals surface area contributed by atoms with E-state index in [9.17, 15) is 0 Å². The molecule has 9 aromatic rings. The lowest BCUT2D eigenvalue weighted by atomic mass is 9.80. The van der Waals surface area contributed by atoms with Crippen LogP contribution in [0.15, 0.2) is 164 Å². The zero-order chi connectivity index (χ0) is 37.9. The lowest BCUT2D eigenvalue weighted by Crippen LogP contribution is -2.33. The minimum atomic E-state index is -0.845. The molecule has 0 radical (unpaired) electrons. The van der Waals surface area contributed by atoms with Gasteiger partial charge in [0.1, 0.15) is 28.7 Å². The van der Waals surface area contributed by atoms with Gasteiger partial charge in [-0.1, -0.05) is 127 Å². The number of fused-ring (bicyclic) bond motifs is 7. The number of aromatic amines is 1. The fourth-order valence-electron chi connectivity index (χ4n) is 8.04. The van der Waals surface area contributed by atoms with Crippen molar-refractivity contribution < 1.29 is 18.9 Å². The van der Waals surface area contributed by atoms with Crippen molar-refractivity contribution in [3.8, 4) is 28.6 Å². The Balaban J connectivity index is 0.961. The number of benzene rings is 8. The molecule has 0 saturated carbocycles. The lowest BCUT2D eigenvalue weighted by molar-refractivity contribution is 0.00965. The summed E-state index contributed by atoms with van der Waals surface area (Å²) in [4.78, 5) is 8.92. The Bertz CT molecular complexity index is 2660. The van der Waals surface area contributed by atoms with Crippen molar-refractivity contribution in [3.05, 3.63) is 180 Å². The van der Waals surface area contributed by atoms with Crippen LogP contribution in [0.25, 0.3) is 54.7 Å². The molecule has 0 saturated heterocycles. The lowest BCUT2D eigenvalue weighted by Gasteiger charge is -2.36. The zero-order valence-electron chi connectivity index (χ0n) is 31.5. The third-order valence-corrected chi connectivity index (χ3v) is 10.8. The summed E-state index contributed by atoms with van der Waals surface area (Å²) in [7, 11) is 3.37. The maximum atomic E-state index is 7.05. The Kier molecular flexibility index (Phi) is 9.56. The molecule has 0 aliphatic heterocycles. The molecule has 0 unspecified atom stereocenters. The van der Waals surface area contributed by atoms with Gasteiger partial charge in [0.05, 0.1) is 31.9 Å². The van der Waals surface area contributed by atoms with Crippen LogP contribution < -0.4 is 14.2 Å². The first kappa shape index (κ1) is 35.1. The standard InChI is InChI=1S/C50H42N2O4/c1-53-37-26-22-35(23-27-37)50(34-14-4-3-5-15-34,36-24-28-38(54-2)29-25-36)56-33-13-12-32-55-46-31-30-45(41-18-6-9-19-42(41)46)49-51-47-43-20-10-7-16-39(43)40-17-8-11-21-44(40)48(47)52-49/h3-11,14-31H,12-13,32-33H2,1-2H3,(H,51,52). The number of unbranched alkanes of at least 4 members (excludes halogenated alkanes) is 1. The zero-order valence-corrected chi connectivity index (χ0v) is 31.5. The first-order valence-electron chi connectivity index (χ1n) is 19.1. The van der Waals surface area contributed by atoms with Gasteiger partial charge in [-0.25, -0.2) is 4.98 Å². The van der Waals surface area contributed by atoms with Crippen LogP contribution in [-0.4, -0.2) is 37.4 Å². The smallest absolute Gasteiger partial charge is 0.143 e. The van der Waals surface area contributed by atoms with Gasteiger partial charge in [0.25, 0.3) is 0 Å². The van der Waals surface area contributed by atoms with Crippen LogP contribution in [0.5, 0.6) is 17.2 Å². The van der Waals surface area contributed by atoms with E-state index in [1.54, 1.807) is 14.2 Å². The van der Waals surface area contributed by atoms with E-state index < -0.39 is 5.60 Å². The Labute approximate surface area is 326 Å². The fourth-order valence-corrected chi connectivity index (χ4v) is 8.04. The number of hydrogen-bond donors (Lipinski definition) is 1. The second-order valence-electron chi connectivity index (χ2n) is 14.0. The van der Waals surface area contributed by atoms with E-state index in [1.165, 1.54) is 16.2 Å². The number of ether oxygens (including phenoxy) is 4. The number of nitrogens with zero attached hydrogens (tertiary/aromatic N) is 1. The van der Waals surface area contributed by atoms with Gasteiger partial charge < -0.3 is 23.9 Å². The molecule has 0 fully saturated rings. The molecular formula is C50H42N2O4. The van der Waals surface area contributed by atoms with Gasteiger partial charge >= 0.3 is 0 Å². The molecule has 8 aromatic carbocycles. The first-order chi connectivity index (χ1) is 27.7. The van der Waals surface area contributed by atoms with Gasteiger partial charge in [0, 0.05) is 28.3 Å². The summed E-state index contributed by atoms with van der Waals surface area (Å²) in [6.07, 6.45) is 1.62. The third-order valence-electron chi connectivity index (χ3n) is 10.8. The van der Waals surface area contributed by atoms with E-state index in [1.807, 2.05) is 30.3 Å². The molecule has 1 heterocycles. The molecule has 276 valence electrons. The van der Waals surface area contributed by atoms with Crippen LogP contribution in [0.2, 0.25) is 0 Å². The van der Waals surface area contributed by atoms with E-state index >= 15 is 0 Å². The van der Waals surface area contributed by atoms with Crippen LogP contribution in [0.4, 0.5) is 0 Å². The van der Waals surface area contributed by atoms with E-state index in [0.29, 0.717) is 13.2 Å². The Hall–Kier alpha value is -6.63. The largest absolute Gasteiger partial charge is 0.497 e. The van der Waals surface area contributed by atoms with Gasteiger partial charge in [0.2, 0.25) is 0 Å². The number of hydrogen-bond acceptors (Lipinski definition) is 5. The average Bonchev–Trinajstić information content (AvgIpc) is 3.73. The molecule has 6 nitrogen and oxygen atoms in total. The van der Waals surface area contributed by atoms with Crippen LogP contribution in [0.3, 0.4) is 0 Å². The molecule has 0 aliphatic rings. The van der Waals surface area contributed by atoms with E-state index in [2.05, 4.69) is 138 Å². The van der Waals surface area contributed by atoms with Crippen molar-refractivity contribution in [3.63, 3.8) is 0 Å². The van der Waals surface area contributed by atoms with E-state index in [4.69, 9.17) is 23.9 Å². The predicted octanol–water partition coefficient (Wildman–Crippen LogP) is 11.9. The van der Waals surface area contributed by atoms with Crippen molar-refractivity contribution in [1.29, 1.82) is 0 Å². The fraction of sp³-hybridized carbons (Fsp3) is 0.140. The highest BCUT2D eigenvalue weighted by Gasteiger charge is 2.37. The quantitative estimate of drug-likeness (QED) is 0.0726. The topological polar surface area (TPSA) is 65.6 Å². The summed E-state index contributed by atoms with van der Waals surface area (Å²) in [5.41, 5.74) is 5.31. The van der Waals surface area contributed by atoms with Gasteiger partial charge in [-0.05, 0) is 82.1 Å². The number of rotatable bonds is 13. The van der Waals surface area contributed by atoms with Crippen LogP contribution in [0.1, 0.15) is 29.5 Å². The van der Waals surface area contributed by atoms with Crippen molar-refractivity contribution in [2.75, 3.05) is 27.4 Å². The summed E-state index contributed by atoms with van der Waals surface area (Å²) in [5, 5.41) is 6.89. The predicted molar refractivity (Wildman–Crippen MR) is 227 cm³/mol. The first-order valence-corrected chi connectivity index (χ1v) is 19.1. The molecule has 1 N–H and O–H groups in total. The van der Waals surface area contributed by atoms with E-state index in [0.717, 1.165) is 85.4 Å². The molecule has 56 heavy (non-hydrogen) atoms. The second-order valence-corrected chi connectivity index (χ2v) is 14.0. The molecule has 9 rings (SSSR count). The van der Waals surface area contributed by atoms with Crippen molar-refractivity contribution in [1.82, 2.24) is 9.97 Å². The minimum absolute atomic E-state index is 0.519. The second kappa shape index (κ2) is 15.2. The summed E-state index contributed by atoms with van der Waals surface area (Å²) in [5.74, 6) is 3.29. The average molecular weight is 735 g/mol. The minimum Gasteiger partial charge on any atom is -0.497 e. The van der Waals surface area contributed by atoms with Crippen molar-refractivity contribution in [2.45, 2.75) is 18.4 Å². The van der Waals surface area contributed by atoms with E-state index in [-0.39, 0.29) is 0 Å². The molecule has 0 aliphatic carbocycles. The van der Waals surface area contributed by atoms with Gasteiger partial charge in [-0.15, -0.1) is 0 Å². The number of nitrogens with one attached hydrogen (secondary N) is 1. The monoisotopic (exact) mass is 734 g/mol. The molecule has 6 heteroatoms. The summed E-state index contributed by atoms with van der Waals surface area (Å²) < 4.78 is 24.6. The summed E-state index contributed by atoms with van der Waals surface area (Å²) in [6.45, 7) is 1.07. The molecule has 1 aromatic heterocycles. The van der Waals surface area contributed by atoms with Gasteiger partial charge in [0.15, 0.2) is 0 Å². The number of imidazole rings is 1. The number of aromatic nitrogens is 2. The van der Waals surface area contributed by atoms with Crippen LogP contribution in [0, 0.1) is 0 Å². The molecule has 0 atom stereocenters. The molecule has 0 amide bonds. The normalized spacial score (nSPS) is 11.8. The highest BCUT2D eigenvalue weighted by atomic mass is 16.5. The van der Waals surface area contributed by atoms with Crippen LogP contribution in [-0.2, 0) is 10.3 Å².